The van der Waals surface area contributed by atoms with Crippen molar-refractivity contribution in [2.45, 2.75) is 32.2 Å². The zero-order valence-corrected chi connectivity index (χ0v) is 10.4. The fourth-order valence-electron chi connectivity index (χ4n) is 2.15. The van der Waals surface area contributed by atoms with Gasteiger partial charge in [0.1, 0.15) is 5.75 Å². The van der Waals surface area contributed by atoms with E-state index in [0.717, 1.165) is 38.2 Å². The topological polar surface area (TPSA) is 41.5 Å². The Kier molecular flexibility index (Phi) is 4.40. The van der Waals surface area contributed by atoms with Gasteiger partial charge in [0.25, 0.3) is 0 Å². The van der Waals surface area contributed by atoms with E-state index in [1.807, 2.05) is 0 Å². The Balaban J connectivity index is 1.83. The highest BCUT2D eigenvalue weighted by Gasteiger charge is 2.11. The van der Waals surface area contributed by atoms with Crippen LogP contribution in [0.2, 0.25) is 0 Å². The highest BCUT2D eigenvalue weighted by atomic mass is 16.5. The summed E-state index contributed by atoms with van der Waals surface area (Å²) < 4.78 is 5.48. The Morgan fingerprint density at radius 1 is 1.47 bits per heavy atom. The van der Waals surface area contributed by atoms with E-state index >= 15 is 0 Å². The Morgan fingerprint density at radius 3 is 3.12 bits per heavy atom. The van der Waals surface area contributed by atoms with Gasteiger partial charge in [0.05, 0.1) is 13.2 Å². The minimum Gasteiger partial charge on any atom is -0.493 e. The van der Waals surface area contributed by atoms with Crippen LogP contribution in [-0.2, 0) is 12.8 Å². The normalized spacial score (nSPS) is 15.4. The van der Waals surface area contributed by atoms with Gasteiger partial charge in [-0.1, -0.05) is 19.1 Å². The van der Waals surface area contributed by atoms with E-state index in [0.29, 0.717) is 0 Å². The van der Waals surface area contributed by atoms with Crippen LogP contribution in [-0.4, -0.2) is 30.9 Å². The first kappa shape index (κ1) is 12.4. The summed E-state index contributed by atoms with van der Waals surface area (Å²) in [4.78, 5) is 0. The van der Waals surface area contributed by atoms with Crippen molar-refractivity contribution in [2.24, 2.45) is 0 Å². The summed E-state index contributed by atoms with van der Waals surface area (Å²) in [5, 5.41) is 12.4. The summed E-state index contributed by atoms with van der Waals surface area (Å²) in [7, 11) is 0. The molecule has 0 fully saturated rings. The lowest BCUT2D eigenvalue weighted by atomic mass is 10.1. The predicted molar refractivity (Wildman–Crippen MR) is 68.5 cm³/mol. The van der Waals surface area contributed by atoms with Crippen molar-refractivity contribution >= 4 is 0 Å². The second kappa shape index (κ2) is 6.03. The van der Waals surface area contributed by atoms with Crippen LogP contribution in [0.3, 0.4) is 0 Å². The first-order chi connectivity index (χ1) is 8.33. The van der Waals surface area contributed by atoms with E-state index < -0.39 is 0 Å². The van der Waals surface area contributed by atoms with Crippen LogP contribution in [0.1, 0.15) is 24.5 Å². The minimum absolute atomic E-state index is 0.217. The molecule has 0 aromatic heterocycles. The van der Waals surface area contributed by atoms with Gasteiger partial charge < -0.3 is 15.2 Å². The molecule has 0 saturated carbocycles. The molecule has 2 rings (SSSR count). The van der Waals surface area contributed by atoms with Gasteiger partial charge >= 0.3 is 0 Å². The van der Waals surface area contributed by atoms with Crippen LogP contribution in [0, 0.1) is 0 Å². The molecule has 3 heteroatoms. The second-order valence-electron chi connectivity index (χ2n) is 4.53. The third-order valence-corrected chi connectivity index (χ3v) is 3.31. The molecular weight excluding hydrogens is 214 g/mol. The number of aliphatic hydroxyl groups is 1. The number of hydrogen-bond acceptors (Lipinski definition) is 3. The molecule has 0 saturated heterocycles. The van der Waals surface area contributed by atoms with Gasteiger partial charge in [-0.2, -0.15) is 0 Å². The fourth-order valence-corrected chi connectivity index (χ4v) is 2.15. The Hall–Kier alpha value is -1.06. The lowest BCUT2D eigenvalue weighted by Crippen LogP contribution is -2.33. The maximum Gasteiger partial charge on any atom is 0.122 e. The molecule has 2 N–H and O–H groups in total. The Labute approximate surface area is 103 Å². The van der Waals surface area contributed by atoms with Crippen LogP contribution in [0.15, 0.2) is 18.2 Å². The first-order valence-corrected chi connectivity index (χ1v) is 6.42. The molecule has 0 spiro atoms. The average Bonchev–Trinajstić information content (AvgIpc) is 2.82. The van der Waals surface area contributed by atoms with Gasteiger partial charge in [-0.25, -0.2) is 0 Å². The van der Waals surface area contributed by atoms with E-state index in [-0.39, 0.29) is 12.6 Å². The summed E-state index contributed by atoms with van der Waals surface area (Å²) in [5.74, 6) is 1.04. The zero-order valence-electron chi connectivity index (χ0n) is 10.4. The number of fused-ring (bicyclic) bond motifs is 1. The molecule has 0 bridgehead atoms. The van der Waals surface area contributed by atoms with E-state index in [1.54, 1.807) is 0 Å². The summed E-state index contributed by atoms with van der Waals surface area (Å²) in [6, 6.07) is 6.67. The first-order valence-electron chi connectivity index (χ1n) is 6.42. The van der Waals surface area contributed by atoms with Gasteiger partial charge in [0, 0.05) is 12.5 Å². The SMILES string of the molecule is CCC(CO)NCCc1ccc2c(c1)CCO2. The lowest BCUT2D eigenvalue weighted by Gasteiger charge is -2.13. The molecule has 1 aliphatic rings. The van der Waals surface area contributed by atoms with E-state index in [4.69, 9.17) is 9.84 Å². The summed E-state index contributed by atoms with van der Waals surface area (Å²) in [5.41, 5.74) is 2.67. The lowest BCUT2D eigenvalue weighted by molar-refractivity contribution is 0.240. The van der Waals surface area contributed by atoms with Crippen LogP contribution < -0.4 is 10.1 Å². The standard InChI is InChI=1S/C14H21NO2/c1-2-13(10-16)15-7-5-11-3-4-14-12(9-11)6-8-17-14/h3-4,9,13,15-16H,2,5-8,10H2,1H3. The van der Waals surface area contributed by atoms with Crippen LogP contribution >= 0.6 is 0 Å². The quantitative estimate of drug-likeness (QED) is 0.785. The minimum atomic E-state index is 0.217. The van der Waals surface area contributed by atoms with Gasteiger partial charge in [-0.3, -0.25) is 0 Å². The van der Waals surface area contributed by atoms with E-state index in [2.05, 4.69) is 30.4 Å². The molecule has 1 aliphatic heterocycles. The van der Waals surface area contributed by atoms with E-state index in [1.165, 1.54) is 11.1 Å². The van der Waals surface area contributed by atoms with Gasteiger partial charge in [-0.05, 0) is 36.6 Å². The second-order valence-corrected chi connectivity index (χ2v) is 4.53. The zero-order chi connectivity index (χ0) is 12.1. The number of aliphatic hydroxyl groups excluding tert-OH is 1. The number of hydrogen-bond donors (Lipinski definition) is 2. The van der Waals surface area contributed by atoms with Crippen molar-refractivity contribution in [3.63, 3.8) is 0 Å². The average molecular weight is 235 g/mol. The third-order valence-electron chi connectivity index (χ3n) is 3.31. The highest BCUT2D eigenvalue weighted by molar-refractivity contribution is 5.39. The fraction of sp³-hybridized carbons (Fsp3) is 0.571. The van der Waals surface area contributed by atoms with Crippen molar-refractivity contribution in [3.8, 4) is 5.75 Å². The molecule has 0 amide bonds. The summed E-state index contributed by atoms with van der Waals surface area (Å²) in [6.45, 7) is 4.04. The third kappa shape index (κ3) is 3.20. The molecule has 94 valence electrons. The smallest absolute Gasteiger partial charge is 0.122 e. The van der Waals surface area contributed by atoms with Crippen LogP contribution in [0.25, 0.3) is 0 Å². The van der Waals surface area contributed by atoms with Gasteiger partial charge in [-0.15, -0.1) is 0 Å². The Bertz CT molecular complexity index is 361. The van der Waals surface area contributed by atoms with Crippen LogP contribution in [0.5, 0.6) is 5.75 Å². The molecule has 0 aliphatic carbocycles. The molecule has 1 aromatic carbocycles. The van der Waals surface area contributed by atoms with Gasteiger partial charge in [0.2, 0.25) is 0 Å². The van der Waals surface area contributed by atoms with Crippen molar-refractivity contribution < 1.29 is 9.84 Å². The predicted octanol–water partition coefficient (Wildman–Crippen LogP) is 1.52. The van der Waals surface area contributed by atoms with Crippen molar-refractivity contribution in [1.29, 1.82) is 0 Å². The highest BCUT2D eigenvalue weighted by Crippen LogP contribution is 2.25. The van der Waals surface area contributed by atoms with Crippen LogP contribution in [0.4, 0.5) is 0 Å². The molecule has 0 radical (unpaired) electrons. The van der Waals surface area contributed by atoms with Crippen molar-refractivity contribution in [3.05, 3.63) is 29.3 Å². The molecule has 1 unspecified atom stereocenters. The molecule has 17 heavy (non-hydrogen) atoms. The molecule has 1 atom stereocenters. The summed E-state index contributed by atoms with van der Waals surface area (Å²) in [6.07, 6.45) is 3.00. The maximum absolute atomic E-state index is 9.07. The van der Waals surface area contributed by atoms with E-state index in [9.17, 15) is 0 Å². The molecule has 1 aromatic rings. The van der Waals surface area contributed by atoms with Gasteiger partial charge in [0.15, 0.2) is 0 Å². The number of rotatable bonds is 6. The number of ether oxygens (including phenoxy) is 1. The number of benzene rings is 1. The largest absolute Gasteiger partial charge is 0.493 e. The summed E-state index contributed by atoms with van der Waals surface area (Å²) >= 11 is 0. The Morgan fingerprint density at radius 2 is 2.35 bits per heavy atom. The number of nitrogens with one attached hydrogen (secondary N) is 1. The van der Waals surface area contributed by atoms with Crippen molar-refractivity contribution in [1.82, 2.24) is 5.32 Å². The molecular formula is C14H21NO2. The van der Waals surface area contributed by atoms with Crippen molar-refractivity contribution in [2.75, 3.05) is 19.8 Å². The maximum atomic E-state index is 9.07. The monoisotopic (exact) mass is 235 g/mol. The molecule has 1 heterocycles. The molecule has 3 nitrogen and oxygen atoms in total.